The van der Waals surface area contributed by atoms with E-state index in [1.807, 2.05) is 6.07 Å². The number of nitrogens with zero attached hydrogens (tertiary/aromatic N) is 3. The molecular formula is C20H23FN4O3. The fourth-order valence-corrected chi connectivity index (χ4v) is 2.55. The number of nitrogens with one attached hydrogen (secondary N) is 1. The van der Waals surface area contributed by atoms with Crippen LogP contribution in [-0.2, 0) is 17.8 Å². The van der Waals surface area contributed by atoms with E-state index in [4.69, 9.17) is 14.7 Å². The summed E-state index contributed by atoms with van der Waals surface area (Å²) in [6.45, 7) is 5.97. The summed E-state index contributed by atoms with van der Waals surface area (Å²) in [5.41, 5.74) is 0.795. The molecule has 0 radical (unpaired) electrons. The highest BCUT2D eigenvalue weighted by Gasteiger charge is 2.26. The van der Waals surface area contributed by atoms with Crippen molar-refractivity contribution in [2.24, 2.45) is 0 Å². The Bertz CT molecular complexity index is 907. The van der Waals surface area contributed by atoms with Gasteiger partial charge in [-0.25, -0.2) is 9.18 Å². The molecule has 8 heteroatoms. The van der Waals surface area contributed by atoms with Gasteiger partial charge in [0.15, 0.2) is 0 Å². The van der Waals surface area contributed by atoms with Gasteiger partial charge in [0, 0.05) is 18.3 Å². The van der Waals surface area contributed by atoms with Gasteiger partial charge in [0.05, 0.1) is 18.8 Å². The van der Waals surface area contributed by atoms with Gasteiger partial charge in [-0.1, -0.05) is 0 Å². The van der Waals surface area contributed by atoms with Gasteiger partial charge in [0.2, 0.25) is 0 Å². The molecule has 7 nitrogen and oxygen atoms in total. The third-order valence-electron chi connectivity index (χ3n) is 3.91. The number of alkyl carbamates (subject to hydrolysis) is 1. The summed E-state index contributed by atoms with van der Waals surface area (Å²) >= 11 is 0. The number of hydrogen-bond acceptors (Lipinski definition) is 5. The van der Waals surface area contributed by atoms with Crippen LogP contribution < -0.4 is 10.1 Å². The average Bonchev–Trinajstić information content (AvgIpc) is 3.28. The second-order valence-corrected chi connectivity index (χ2v) is 7.78. The van der Waals surface area contributed by atoms with Crippen molar-refractivity contribution in [3.8, 4) is 11.8 Å². The first-order valence-corrected chi connectivity index (χ1v) is 9.11. The number of carbonyl (C=O) groups is 1. The number of hydrogen-bond donors (Lipinski definition) is 1. The molecule has 0 spiro atoms. The van der Waals surface area contributed by atoms with Crippen molar-refractivity contribution >= 4 is 6.09 Å². The number of halogens is 1. The molecule has 2 aromatic rings. The molecule has 28 heavy (non-hydrogen) atoms. The molecule has 1 heterocycles. The summed E-state index contributed by atoms with van der Waals surface area (Å²) in [7, 11) is 0. The summed E-state index contributed by atoms with van der Waals surface area (Å²) in [6.07, 6.45) is 4.79. The van der Waals surface area contributed by atoms with Gasteiger partial charge in [-0.2, -0.15) is 10.4 Å². The fraction of sp³-hybridized carbons (Fsp3) is 0.450. The third kappa shape index (κ3) is 5.46. The highest BCUT2D eigenvalue weighted by atomic mass is 19.1. The lowest BCUT2D eigenvalue weighted by Crippen LogP contribution is -2.32. The number of benzene rings is 1. The molecule has 1 fully saturated rings. The lowest BCUT2D eigenvalue weighted by Gasteiger charge is -2.19. The first kappa shape index (κ1) is 19.7. The minimum absolute atomic E-state index is 0.0667. The Kier molecular flexibility index (Phi) is 5.54. The number of carbonyl (C=O) groups excluding carboxylic acids is 1. The van der Waals surface area contributed by atoms with E-state index < -0.39 is 17.5 Å². The Morgan fingerprint density at radius 3 is 2.79 bits per heavy atom. The number of amides is 1. The topological polar surface area (TPSA) is 89.2 Å². The average molecular weight is 386 g/mol. The predicted molar refractivity (Wildman–Crippen MR) is 99.2 cm³/mol. The van der Waals surface area contributed by atoms with Crippen molar-refractivity contribution in [3.63, 3.8) is 0 Å². The van der Waals surface area contributed by atoms with Crippen LogP contribution in [0.1, 0.15) is 50.3 Å². The largest absolute Gasteiger partial charge is 0.489 e. The van der Waals surface area contributed by atoms with Crippen LogP contribution in [0, 0.1) is 17.1 Å². The molecular weight excluding hydrogens is 363 g/mol. The number of nitriles is 1. The minimum atomic E-state index is -0.602. The van der Waals surface area contributed by atoms with Crippen molar-refractivity contribution in [2.75, 3.05) is 0 Å². The number of ether oxygens (including phenoxy) is 2. The molecule has 1 aliphatic rings. The van der Waals surface area contributed by atoms with E-state index in [0.29, 0.717) is 12.1 Å². The fourth-order valence-electron chi connectivity index (χ4n) is 2.55. The van der Waals surface area contributed by atoms with E-state index in [-0.39, 0.29) is 24.0 Å². The summed E-state index contributed by atoms with van der Waals surface area (Å²) in [4.78, 5) is 11.7. The third-order valence-corrected chi connectivity index (χ3v) is 3.91. The second kappa shape index (κ2) is 7.89. The Labute approximate surface area is 163 Å². The van der Waals surface area contributed by atoms with E-state index in [2.05, 4.69) is 10.4 Å². The summed E-state index contributed by atoms with van der Waals surface area (Å²) in [5, 5.41) is 16.1. The maximum atomic E-state index is 14.2. The molecule has 0 atom stereocenters. The van der Waals surface area contributed by atoms with Crippen molar-refractivity contribution < 1.29 is 18.7 Å². The van der Waals surface area contributed by atoms with Crippen molar-refractivity contribution in [2.45, 2.75) is 58.4 Å². The SMILES string of the molecule is CC(C)(C)OC(=O)NCc1cnn(Cc2cc(F)c(C#N)c(OC3CC3)c2)c1. The molecule has 1 amide bonds. The zero-order valence-corrected chi connectivity index (χ0v) is 16.2. The molecule has 1 saturated carbocycles. The van der Waals surface area contributed by atoms with E-state index >= 15 is 0 Å². The molecule has 1 N–H and O–H groups in total. The molecule has 1 aromatic heterocycles. The summed E-state index contributed by atoms with van der Waals surface area (Å²) in [5.74, 6) is -0.325. The molecule has 148 valence electrons. The normalized spacial score (nSPS) is 13.7. The first-order chi connectivity index (χ1) is 13.2. The molecule has 0 unspecified atom stereocenters. The van der Waals surface area contributed by atoms with Crippen LogP contribution >= 0.6 is 0 Å². The standard InChI is InChI=1S/C20H23FN4O3/c1-20(2,3)28-19(26)23-9-14-10-24-25(12-14)11-13-6-17(21)16(8-22)18(7-13)27-15-4-5-15/h6-7,10,12,15H,4-5,9,11H2,1-3H3,(H,23,26). The van der Waals surface area contributed by atoms with Gasteiger partial charge < -0.3 is 14.8 Å². The Balaban J connectivity index is 1.64. The lowest BCUT2D eigenvalue weighted by atomic mass is 10.1. The van der Waals surface area contributed by atoms with Crippen LogP contribution in [0.2, 0.25) is 0 Å². The predicted octanol–water partition coefficient (Wildman–Crippen LogP) is 3.51. The Hall–Kier alpha value is -3.08. The van der Waals surface area contributed by atoms with Crippen LogP contribution in [0.3, 0.4) is 0 Å². The molecule has 0 bridgehead atoms. The molecule has 3 rings (SSSR count). The van der Waals surface area contributed by atoms with Crippen LogP contribution in [0.4, 0.5) is 9.18 Å². The maximum Gasteiger partial charge on any atom is 0.407 e. The Morgan fingerprint density at radius 2 is 2.14 bits per heavy atom. The van der Waals surface area contributed by atoms with E-state index in [9.17, 15) is 9.18 Å². The molecule has 1 aliphatic carbocycles. The van der Waals surface area contributed by atoms with Gasteiger partial charge in [-0.05, 0) is 51.3 Å². The minimum Gasteiger partial charge on any atom is -0.489 e. The van der Waals surface area contributed by atoms with Crippen LogP contribution in [0.25, 0.3) is 0 Å². The van der Waals surface area contributed by atoms with Crippen LogP contribution in [0.15, 0.2) is 24.5 Å². The van der Waals surface area contributed by atoms with Gasteiger partial charge >= 0.3 is 6.09 Å². The van der Waals surface area contributed by atoms with Gasteiger partial charge in [-0.3, -0.25) is 4.68 Å². The highest BCUT2D eigenvalue weighted by Crippen LogP contribution is 2.31. The first-order valence-electron chi connectivity index (χ1n) is 9.11. The number of aromatic nitrogens is 2. The zero-order chi connectivity index (χ0) is 20.3. The second-order valence-electron chi connectivity index (χ2n) is 7.78. The quantitative estimate of drug-likeness (QED) is 0.821. The molecule has 0 aliphatic heterocycles. The lowest BCUT2D eigenvalue weighted by molar-refractivity contribution is 0.0523. The summed E-state index contributed by atoms with van der Waals surface area (Å²) in [6, 6.07) is 4.86. The van der Waals surface area contributed by atoms with Crippen molar-refractivity contribution in [1.29, 1.82) is 5.26 Å². The van der Waals surface area contributed by atoms with Crippen LogP contribution in [0.5, 0.6) is 5.75 Å². The highest BCUT2D eigenvalue weighted by molar-refractivity contribution is 5.67. The van der Waals surface area contributed by atoms with Crippen molar-refractivity contribution in [1.82, 2.24) is 15.1 Å². The molecule has 1 aromatic carbocycles. The molecule has 0 saturated heterocycles. The smallest absolute Gasteiger partial charge is 0.407 e. The van der Waals surface area contributed by atoms with E-state index in [1.165, 1.54) is 6.07 Å². The van der Waals surface area contributed by atoms with Gasteiger partial charge in [0.25, 0.3) is 0 Å². The van der Waals surface area contributed by atoms with Crippen LogP contribution in [-0.4, -0.2) is 27.6 Å². The van der Waals surface area contributed by atoms with Gasteiger partial charge in [0.1, 0.15) is 28.8 Å². The van der Waals surface area contributed by atoms with E-state index in [1.54, 1.807) is 43.9 Å². The zero-order valence-electron chi connectivity index (χ0n) is 16.2. The number of rotatable bonds is 6. The Morgan fingerprint density at radius 1 is 1.39 bits per heavy atom. The van der Waals surface area contributed by atoms with E-state index in [0.717, 1.165) is 18.4 Å². The van der Waals surface area contributed by atoms with Gasteiger partial charge in [-0.15, -0.1) is 0 Å². The summed E-state index contributed by atoms with van der Waals surface area (Å²) < 4.78 is 26.7. The van der Waals surface area contributed by atoms with Crippen molar-refractivity contribution in [3.05, 3.63) is 47.0 Å². The maximum absolute atomic E-state index is 14.2. The monoisotopic (exact) mass is 386 g/mol.